The molecule has 2 nitrogen and oxygen atoms in total. The first-order valence-electron chi connectivity index (χ1n) is 10.4. The van der Waals surface area contributed by atoms with Gasteiger partial charge in [-0.05, 0) is 43.0 Å². The van der Waals surface area contributed by atoms with Gasteiger partial charge >= 0.3 is 0 Å². The van der Waals surface area contributed by atoms with Crippen molar-refractivity contribution in [3.63, 3.8) is 0 Å². The van der Waals surface area contributed by atoms with E-state index in [1.54, 1.807) is 36.4 Å². The molecule has 0 atom stereocenters. The lowest BCUT2D eigenvalue weighted by Gasteiger charge is -2.18. The summed E-state index contributed by atoms with van der Waals surface area (Å²) < 4.78 is 14.3. The lowest BCUT2D eigenvalue weighted by Crippen LogP contribution is -2.22. The Morgan fingerprint density at radius 1 is 0.645 bits per heavy atom. The molecule has 0 fully saturated rings. The number of aryl methyl sites for hydroxylation is 3. The molecule has 4 aromatic rings. The predicted octanol–water partition coefficient (Wildman–Crippen LogP) is 6.43. The van der Waals surface area contributed by atoms with E-state index in [2.05, 4.69) is 32.9 Å². The molecule has 0 amide bonds. The van der Waals surface area contributed by atoms with Crippen molar-refractivity contribution in [1.82, 2.24) is 0 Å². The third kappa shape index (κ3) is 3.92. The molecule has 0 saturated carbocycles. The van der Waals surface area contributed by atoms with E-state index in [1.165, 1.54) is 22.3 Å². The standard InChI is InChI=1S/C28H25O2P/c1-20-18-21(2)27(22(3)19-20)23-14-16-24(17-15-23)28(29)31(30,25-10-6-4-7-11-25)26-12-8-5-9-13-26/h4-19H,1-3H3. The fourth-order valence-corrected chi connectivity index (χ4v) is 6.72. The summed E-state index contributed by atoms with van der Waals surface area (Å²) in [5, 5.41) is 1.11. The van der Waals surface area contributed by atoms with Gasteiger partial charge in [-0.3, -0.25) is 4.79 Å². The molecular formula is C28H25O2P. The van der Waals surface area contributed by atoms with Crippen LogP contribution in [0.1, 0.15) is 27.0 Å². The number of rotatable bonds is 5. The van der Waals surface area contributed by atoms with Crippen LogP contribution in [-0.4, -0.2) is 5.52 Å². The Bertz CT molecular complexity index is 1210. The molecule has 154 valence electrons. The molecule has 0 heterocycles. The van der Waals surface area contributed by atoms with Gasteiger partial charge in [-0.2, -0.15) is 0 Å². The fraction of sp³-hybridized carbons (Fsp3) is 0.107. The van der Waals surface area contributed by atoms with E-state index in [0.29, 0.717) is 16.2 Å². The van der Waals surface area contributed by atoms with Crippen LogP contribution >= 0.6 is 7.14 Å². The molecule has 0 aliphatic carbocycles. The highest BCUT2D eigenvalue weighted by Crippen LogP contribution is 2.47. The normalized spacial score (nSPS) is 11.3. The summed E-state index contributed by atoms with van der Waals surface area (Å²) in [6.07, 6.45) is 0. The zero-order chi connectivity index (χ0) is 22.0. The molecule has 0 spiro atoms. The minimum Gasteiger partial charge on any atom is -0.305 e. The highest BCUT2D eigenvalue weighted by atomic mass is 31.2. The zero-order valence-electron chi connectivity index (χ0n) is 18.0. The first-order valence-corrected chi connectivity index (χ1v) is 12.1. The van der Waals surface area contributed by atoms with Crippen LogP contribution in [0.2, 0.25) is 0 Å². The van der Waals surface area contributed by atoms with Crippen LogP contribution in [0, 0.1) is 20.8 Å². The van der Waals surface area contributed by atoms with Gasteiger partial charge in [-0.25, -0.2) is 0 Å². The van der Waals surface area contributed by atoms with Crippen LogP contribution in [0.25, 0.3) is 11.1 Å². The topological polar surface area (TPSA) is 34.1 Å². The van der Waals surface area contributed by atoms with Crippen molar-refractivity contribution in [3.8, 4) is 11.1 Å². The summed E-state index contributed by atoms with van der Waals surface area (Å²) in [4.78, 5) is 13.6. The Morgan fingerprint density at radius 3 is 1.55 bits per heavy atom. The minimum atomic E-state index is -3.49. The quantitative estimate of drug-likeness (QED) is 0.346. The maximum atomic E-state index is 14.3. The SMILES string of the molecule is Cc1cc(C)c(-c2ccc(C(=O)P(=O)(c3ccccc3)c3ccccc3)cc2)c(C)c1. The van der Waals surface area contributed by atoms with Crippen LogP contribution in [0.3, 0.4) is 0 Å². The summed E-state index contributed by atoms with van der Waals surface area (Å²) in [6, 6.07) is 30.0. The lowest BCUT2D eigenvalue weighted by molar-refractivity contribution is 0.107. The van der Waals surface area contributed by atoms with E-state index in [1.807, 2.05) is 48.5 Å². The average molecular weight is 424 g/mol. The van der Waals surface area contributed by atoms with Crippen LogP contribution in [0.5, 0.6) is 0 Å². The number of benzene rings is 4. The second-order valence-corrected chi connectivity index (χ2v) is 10.6. The Labute approximate surface area is 184 Å². The molecule has 0 aromatic heterocycles. The third-order valence-corrected chi connectivity index (χ3v) is 8.50. The summed E-state index contributed by atoms with van der Waals surface area (Å²) in [7, 11) is -3.49. The smallest absolute Gasteiger partial charge is 0.230 e. The van der Waals surface area contributed by atoms with E-state index in [9.17, 15) is 9.36 Å². The second kappa shape index (κ2) is 8.49. The van der Waals surface area contributed by atoms with Crippen LogP contribution < -0.4 is 10.6 Å². The second-order valence-electron chi connectivity index (χ2n) is 7.94. The highest BCUT2D eigenvalue weighted by molar-refractivity contribution is 7.93. The zero-order valence-corrected chi connectivity index (χ0v) is 18.9. The molecule has 31 heavy (non-hydrogen) atoms. The lowest BCUT2D eigenvalue weighted by atomic mass is 9.93. The van der Waals surface area contributed by atoms with Crippen molar-refractivity contribution >= 4 is 23.3 Å². The van der Waals surface area contributed by atoms with Crippen LogP contribution in [0.15, 0.2) is 97.1 Å². The summed E-state index contributed by atoms with van der Waals surface area (Å²) in [5.74, 6) is 0. The molecule has 0 bridgehead atoms. The van der Waals surface area contributed by atoms with E-state index >= 15 is 0 Å². The summed E-state index contributed by atoms with van der Waals surface area (Å²) in [6.45, 7) is 6.30. The van der Waals surface area contributed by atoms with Gasteiger partial charge in [0.25, 0.3) is 0 Å². The molecule has 0 saturated heterocycles. The van der Waals surface area contributed by atoms with Crippen molar-refractivity contribution in [3.05, 3.63) is 119 Å². The first kappa shape index (κ1) is 21.0. The van der Waals surface area contributed by atoms with Gasteiger partial charge in [0.15, 0.2) is 0 Å². The molecule has 3 heteroatoms. The Morgan fingerprint density at radius 2 is 1.10 bits per heavy atom. The van der Waals surface area contributed by atoms with Crippen LogP contribution in [0.4, 0.5) is 0 Å². The number of carbonyl (C=O) groups excluding carboxylic acids is 1. The summed E-state index contributed by atoms with van der Waals surface area (Å²) in [5.41, 5.74) is 6.00. The molecular weight excluding hydrogens is 399 g/mol. The minimum absolute atomic E-state index is 0.339. The van der Waals surface area contributed by atoms with E-state index < -0.39 is 7.14 Å². The number of hydrogen-bond donors (Lipinski definition) is 0. The number of carbonyl (C=O) groups is 1. The number of hydrogen-bond acceptors (Lipinski definition) is 2. The maximum absolute atomic E-state index is 14.3. The fourth-order valence-electron chi connectivity index (χ4n) is 4.26. The summed E-state index contributed by atoms with van der Waals surface area (Å²) >= 11 is 0. The molecule has 0 unspecified atom stereocenters. The van der Waals surface area contributed by atoms with Gasteiger partial charge in [-0.1, -0.05) is 103 Å². The van der Waals surface area contributed by atoms with E-state index in [-0.39, 0.29) is 5.52 Å². The van der Waals surface area contributed by atoms with Gasteiger partial charge in [0.1, 0.15) is 0 Å². The van der Waals surface area contributed by atoms with Gasteiger partial charge in [0.05, 0.1) is 0 Å². The maximum Gasteiger partial charge on any atom is 0.230 e. The Kier molecular flexibility index (Phi) is 5.76. The van der Waals surface area contributed by atoms with Crippen molar-refractivity contribution in [2.45, 2.75) is 20.8 Å². The highest BCUT2D eigenvalue weighted by Gasteiger charge is 2.36. The van der Waals surface area contributed by atoms with Crippen molar-refractivity contribution in [2.24, 2.45) is 0 Å². The first-order chi connectivity index (χ1) is 14.9. The van der Waals surface area contributed by atoms with Gasteiger partial charge in [0.2, 0.25) is 12.7 Å². The van der Waals surface area contributed by atoms with Crippen molar-refractivity contribution < 1.29 is 9.36 Å². The molecule has 0 aliphatic rings. The molecule has 4 aromatic carbocycles. The average Bonchev–Trinajstić information content (AvgIpc) is 2.79. The monoisotopic (exact) mass is 424 g/mol. The molecule has 0 radical (unpaired) electrons. The van der Waals surface area contributed by atoms with Crippen molar-refractivity contribution in [2.75, 3.05) is 0 Å². The van der Waals surface area contributed by atoms with Crippen LogP contribution in [-0.2, 0) is 4.57 Å². The third-order valence-electron chi connectivity index (χ3n) is 5.62. The largest absolute Gasteiger partial charge is 0.305 e. The van der Waals surface area contributed by atoms with Crippen molar-refractivity contribution in [1.29, 1.82) is 0 Å². The van der Waals surface area contributed by atoms with Gasteiger partial charge < -0.3 is 4.57 Å². The molecule has 0 N–H and O–H groups in total. The Hall–Kier alpha value is -3.22. The molecule has 0 aliphatic heterocycles. The van der Waals surface area contributed by atoms with E-state index in [4.69, 9.17) is 0 Å². The Balaban J connectivity index is 1.78. The van der Waals surface area contributed by atoms with Gasteiger partial charge in [-0.15, -0.1) is 0 Å². The predicted molar refractivity (Wildman–Crippen MR) is 130 cm³/mol. The van der Waals surface area contributed by atoms with Gasteiger partial charge in [0, 0.05) is 16.2 Å². The molecule has 4 rings (SSSR count). The van der Waals surface area contributed by atoms with E-state index in [0.717, 1.165) is 5.56 Å².